The Hall–Kier alpha value is -3.28. The number of aromatic nitrogens is 2. The van der Waals surface area contributed by atoms with Gasteiger partial charge in [0.1, 0.15) is 17.1 Å². The second-order valence-electron chi connectivity index (χ2n) is 9.57. The quantitative estimate of drug-likeness (QED) is 0.444. The first-order valence-electron chi connectivity index (χ1n) is 11.7. The molecule has 6 heteroatoms. The van der Waals surface area contributed by atoms with E-state index < -0.39 is 0 Å². The fourth-order valence-corrected chi connectivity index (χ4v) is 5.18. The predicted octanol–water partition coefficient (Wildman–Crippen LogP) is 5.15. The van der Waals surface area contributed by atoms with Crippen molar-refractivity contribution in [1.29, 1.82) is 0 Å². The van der Waals surface area contributed by atoms with Crippen LogP contribution in [0.4, 0.5) is 5.69 Å². The number of ether oxygens (including phenoxy) is 2. The first kappa shape index (κ1) is 21.6. The van der Waals surface area contributed by atoms with Gasteiger partial charge in [0.05, 0.1) is 12.2 Å². The number of hydrogen-bond acceptors (Lipinski definition) is 5. The summed E-state index contributed by atoms with van der Waals surface area (Å²) < 4.78 is 14.2. The van der Waals surface area contributed by atoms with Crippen molar-refractivity contribution >= 4 is 11.7 Å². The normalized spacial score (nSPS) is 18.8. The van der Waals surface area contributed by atoms with Crippen LogP contribution in [0.2, 0.25) is 0 Å². The molecule has 2 aromatic carbocycles. The topological polar surface area (TPSA) is 65.4 Å². The van der Waals surface area contributed by atoms with Crippen LogP contribution >= 0.6 is 0 Å². The van der Waals surface area contributed by atoms with Crippen LogP contribution in [-0.4, -0.2) is 27.9 Å². The largest absolute Gasteiger partial charge is 0.485 e. The van der Waals surface area contributed by atoms with E-state index in [-0.39, 0.29) is 11.6 Å². The number of benzene rings is 2. The molecule has 0 amide bonds. The molecule has 0 aliphatic carbocycles. The van der Waals surface area contributed by atoms with Crippen molar-refractivity contribution in [1.82, 2.24) is 9.78 Å². The summed E-state index contributed by atoms with van der Waals surface area (Å²) in [5, 5.41) is 8.40. The van der Waals surface area contributed by atoms with Gasteiger partial charge in [0.25, 0.3) is 0 Å². The van der Waals surface area contributed by atoms with Crippen molar-refractivity contribution in [3.05, 3.63) is 58.3 Å². The first-order chi connectivity index (χ1) is 15.8. The monoisotopic (exact) mass is 445 g/mol. The number of nitrogens with one attached hydrogen (secondary N) is 1. The minimum Gasteiger partial charge on any atom is -0.485 e. The summed E-state index contributed by atoms with van der Waals surface area (Å²) in [5.74, 6) is 1.30. The lowest BCUT2D eigenvalue weighted by Gasteiger charge is -2.38. The third kappa shape index (κ3) is 3.77. The summed E-state index contributed by atoms with van der Waals surface area (Å²) in [5.41, 5.74) is 8.45. The van der Waals surface area contributed by atoms with E-state index in [0.717, 1.165) is 65.1 Å². The summed E-state index contributed by atoms with van der Waals surface area (Å²) >= 11 is 0. The molecule has 0 spiro atoms. The lowest BCUT2D eigenvalue weighted by molar-refractivity contribution is -0.132. The zero-order valence-corrected chi connectivity index (χ0v) is 20.0. The van der Waals surface area contributed by atoms with Gasteiger partial charge < -0.3 is 14.8 Å². The van der Waals surface area contributed by atoms with Gasteiger partial charge in [0, 0.05) is 36.5 Å². The molecule has 3 heterocycles. The first-order valence-corrected chi connectivity index (χ1v) is 11.7. The molecule has 0 saturated carbocycles. The maximum atomic E-state index is 11.6. The van der Waals surface area contributed by atoms with E-state index in [1.54, 1.807) is 0 Å². The van der Waals surface area contributed by atoms with Crippen molar-refractivity contribution < 1.29 is 14.3 Å². The molecule has 33 heavy (non-hydrogen) atoms. The highest BCUT2D eigenvalue weighted by Crippen LogP contribution is 2.44. The number of esters is 1. The number of carbonyl (C=O) groups excluding carboxylic acids is 1. The van der Waals surface area contributed by atoms with Crippen LogP contribution in [0.3, 0.4) is 0 Å². The van der Waals surface area contributed by atoms with E-state index in [9.17, 15) is 4.79 Å². The Bertz CT molecular complexity index is 1260. The van der Waals surface area contributed by atoms with E-state index in [2.05, 4.69) is 36.5 Å². The highest BCUT2D eigenvalue weighted by molar-refractivity contribution is 5.79. The molecule has 0 fully saturated rings. The highest BCUT2D eigenvalue weighted by Gasteiger charge is 2.35. The molecule has 2 aliphatic heterocycles. The molecule has 3 aromatic rings. The van der Waals surface area contributed by atoms with Crippen LogP contribution < -0.4 is 14.8 Å². The Morgan fingerprint density at radius 2 is 2.00 bits per heavy atom. The van der Waals surface area contributed by atoms with Gasteiger partial charge in [-0.25, -0.2) is 0 Å². The van der Waals surface area contributed by atoms with E-state index in [1.807, 2.05) is 31.6 Å². The lowest BCUT2D eigenvalue weighted by atomic mass is 9.87. The number of nitrogens with zero attached hydrogens (tertiary/aromatic N) is 2. The van der Waals surface area contributed by atoms with Crippen LogP contribution in [0.1, 0.15) is 48.1 Å². The number of fused-ring (bicyclic) bond motifs is 2. The lowest BCUT2D eigenvalue weighted by Crippen LogP contribution is -2.41. The predicted molar refractivity (Wildman–Crippen MR) is 129 cm³/mol. The molecule has 1 N–H and O–H groups in total. The third-order valence-corrected chi connectivity index (χ3v) is 7.07. The molecule has 0 saturated heterocycles. The van der Waals surface area contributed by atoms with Gasteiger partial charge in [-0.2, -0.15) is 5.10 Å². The Morgan fingerprint density at radius 1 is 1.18 bits per heavy atom. The second kappa shape index (κ2) is 7.94. The molecule has 172 valence electrons. The fraction of sp³-hybridized carbons (Fsp3) is 0.407. The van der Waals surface area contributed by atoms with Crippen molar-refractivity contribution in [2.24, 2.45) is 0 Å². The van der Waals surface area contributed by atoms with Crippen LogP contribution in [-0.2, 0) is 24.2 Å². The van der Waals surface area contributed by atoms with Crippen LogP contribution in [0.15, 0.2) is 30.5 Å². The van der Waals surface area contributed by atoms with Crippen LogP contribution in [0, 0.1) is 20.8 Å². The molecular formula is C27H31N3O3. The van der Waals surface area contributed by atoms with E-state index in [0.29, 0.717) is 12.3 Å². The molecule has 0 unspecified atom stereocenters. The molecule has 0 radical (unpaired) electrons. The zero-order valence-electron chi connectivity index (χ0n) is 20.0. The van der Waals surface area contributed by atoms with E-state index in [4.69, 9.17) is 14.6 Å². The minimum absolute atomic E-state index is 0.295. The van der Waals surface area contributed by atoms with Gasteiger partial charge in [-0.15, -0.1) is 0 Å². The van der Waals surface area contributed by atoms with Gasteiger partial charge in [0.2, 0.25) is 0 Å². The van der Waals surface area contributed by atoms with Gasteiger partial charge in [-0.05, 0) is 75.3 Å². The number of anilines is 1. The Balaban J connectivity index is 1.41. The number of rotatable bonds is 4. The summed E-state index contributed by atoms with van der Waals surface area (Å²) in [7, 11) is 0. The SMILES string of the molecule is CC(=O)Oc1c(C)c(C)c2c(c1C)CC[C@@](C)(Cn1ccc(-c3cccc4c3NCC4)n1)O2. The highest BCUT2D eigenvalue weighted by atomic mass is 16.5. The Kier molecular flexibility index (Phi) is 5.19. The molecule has 1 aromatic heterocycles. The minimum atomic E-state index is -0.375. The molecule has 1 atom stereocenters. The van der Waals surface area contributed by atoms with Crippen molar-refractivity contribution in [3.8, 4) is 22.8 Å². The van der Waals surface area contributed by atoms with Crippen LogP contribution in [0.25, 0.3) is 11.3 Å². The summed E-state index contributed by atoms with van der Waals surface area (Å²) in [4.78, 5) is 11.6. The zero-order chi connectivity index (χ0) is 23.3. The summed E-state index contributed by atoms with van der Waals surface area (Å²) in [6.07, 6.45) is 4.84. The number of para-hydroxylation sites is 1. The molecule has 0 bridgehead atoms. The van der Waals surface area contributed by atoms with Crippen LogP contribution in [0.5, 0.6) is 11.5 Å². The van der Waals surface area contributed by atoms with Crippen molar-refractivity contribution in [2.75, 3.05) is 11.9 Å². The molecular weight excluding hydrogens is 414 g/mol. The molecule has 5 rings (SSSR count). The molecule has 2 aliphatic rings. The smallest absolute Gasteiger partial charge is 0.308 e. The van der Waals surface area contributed by atoms with E-state index >= 15 is 0 Å². The summed E-state index contributed by atoms with van der Waals surface area (Å²) in [6, 6.07) is 8.51. The van der Waals surface area contributed by atoms with Gasteiger partial charge in [0.15, 0.2) is 0 Å². The standard InChI is InChI=1S/C27H31N3O3/c1-16-17(2)26-21(18(3)25(16)32-19(4)31)9-12-27(5,33-26)15-30-14-11-23(29-30)22-8-6-7-20-10-13-28-24(20)22/h6-8,11,14,28H,9-10,12-13,15H2,1-5H3/t27-/m0/s1. The average molecular weight is 446 g/mol. The number of hydrogen-bond donors (Lipinski definition) is 1. The summed E-state index contributed by atoms with van der Waals surface area (Å²) in [6.45, 7) is 11.3. The van der Waals surface area contributed by atoms with Gasteiger partial charge in [-0.1, -0.05) is 18.2 Å². The van der Waals surface area contributed by atoms with Crippen molar-refractivity contribution in [2.45, 2.75) is 66.0 Å². The van der Waals surface area contributed by atoms with E-state index in [1.165, 1.54) is 18.2 Å². The third-order valence-electron chi connectivity index (χ3n) is 7.07. The molecule has 6 nitrogen and oxygen atoms in total. The maximum Gasteiger partial charge on any atom is 0.308 e. The Labute approximate surface area is 194 Å². The number of carbonyl (C=O) groups is 1. The van der Waals surface area contributed by atoms with Gasteiger partial charge in [-0.3, -0.25) is 9.48 Å². The van der Waals surface area contributed by atoms with Crippen molar-refractivity contribution in [3.63, 3.8) is 0 Å². The second-order valence-corrected chi connectivity index (χ2v) is 9.57. The van der Waals surface area contributed by atoms with Gasteiger partial charge >= 0.3 is 5.97 Å². The fourth-order valence-electron chi connectivity index (χ4n) is 5.18. The maximum absolute atomic E-state index is 11.6. The average Bonchev–Trinajstić information content (AvgIpc) is 3.44. The Morgan fingerprint density at radius 3 is 2.79 bits per heavy atom.